The van der Waals surface area contributed by atoms with Crippen LogP contribution in [0.2, 0.25) is 0 Å². The van der Waals surface area contributed by atoms with Crippen LogP contribution < -0.4 is 40.2 Å². The monoisotopic (exact) mass is 434 g/mol. The van der Waals surface area contributed by atoms with Gasteiger partial charge in [-0.1, -0.05) is 0 Å². The molecular weight excluding hydrogens is 418 g/mol. The standard InChI is InChI=1S/C15H16N4O6PS.Na/c16-13-10-8(7-1-2-27-5-7)3-19(14(10)18-6-17-13)15-12(21)11(20)9(25-15)4-24-26(22)23;/h1-3,5-6,9,11-12,15,20-22H,4H2,(H2,16,17,18);/q-1;+1. The zero-order valence-electron chi connectivity index (χ0n) is 14.7. The number of ether oxygens (including phenoxy) is 1. The molecular formula is C15H16N4NaO6PS. The number of hydrogen-bond donors (Lipinski definition) is 4. The Balaban J connectivity index is 0.00000225. The van der Waals surface area contributed by atoms with E-state index in [1.54, 1.807) is 10.8 Å². The van der Waals surface area contributed by atoms with Crippen LogP contribution in [0.1, 0.15) is 6.23 Å². The van der Waals surface area contributed by atoms with Crippen LogP contribution in [0.5, 0.6) is 0 Å². The quantitative estimate of drug-likeness (QED) is 0.242. The van der Waals surface area contributed by atoms with Crippen molar-refractivity contribution in [2.45, 2.75) is 24.5 Å². The number of thiophene rings is 1. The van der Waals surface area contributed by atoms with E-state index < -0.39 is 33.1 Å². The average molecular weight is 434 g/mol. The van der Waals surface area contributed by atoms with E-state index in [2.05, 4.69) is 14.5 Å². The molecule has 1 saturated heterocycles. The molecule has 5 unspecified atom stereocenters. The number of rotatable bonds is 5. The Morgan fingerprint density at radius 3 is 2.82 bits per heavy atom. The smallest absolute Gasteiger partial charge is 0.786 e. The van der Waals surface area contributed by atoms with Crippen LogP contribution in [0.3, 0.4) is 0 Å². The first-order chi connectivity index (χ1) is 13.0. The molecule has 1 aliphatic rings. The van der Waals surface area contributed by atoms with E-state index in [4.69, 9.17) is 15.4 Å². The van der Waals surface area contributed by atoms with Gasteiger partial charge in [-0.25, -0.2) is 9.97 Å². The molecule has 0 saturated carbocycles. The second-order valence-corrected chi connectivity index (χ2v) is 7.51. The van der Waals surface area contributed by atoms with E-state index in [-0.39, 0.29) is 42.0 Å². The molecule has 1 fully saturated rings. The van der Waals surface area contributed by atoms with Gasteiger partial charge in [0.25, 0.3) is 0 Å². The fourth-order valence-electron chi connectivity index (χ4n) is 3.17. The van der Waals surface area contributed by atoms with Crippen molar-refractivity contribution in [3.63, 3.8) is 0 Å². The van der Waals surface area contributed by atoms with Gasteiger partial charge in [-0.05, 0) is 22.4 Å². The number of anilines is 1. The summed E-state index contributed by atoms with van der Waals surface area (Å²) in [6, 6.07) is 1.92. The predicted molar refractivity (Wildman–Crippen MR) is 96.3 cm³/mol. The van der Waals surface area contributed by atoms with Gasteiger partial charge >= 0.3 is 29.6 Å². The van der Waals surface area contributed by atoms with Gasteiger partial charge in [0.1, 0.15) is 36.1 Å². The molecule has 3 aromatic heterocycles. The molecule has 1 aliphatic heterocycles. The summed E-state index contributed by atoms with van der Waals surface area (Å²) >= 11 is 1.52. The van der Waals surface area contributed by atoms with E-state index >= 15 is 0 Å². The third-order valence-corrected chi connectivity index (χ3v) is 5.48. The van der Waals surface area contributed by atoms with Gasteiger partial charge in [0.05, 0.1) is 20.6 Å². The molecule has 0 spiro atoms. The Bertz CT molecular complexity index is 942. The summed E-state index contributed by atoms with van der Waals surface area (Å²) in [7, 11) is -2.84. The molecule has 4 heterocycles. The summed E-state index contributed by atoms with van der Waals surface area (Å²) in [6.45, 7) is -0.339. The van der Waals surface area contributed by atoms with Crippen molar-refractivity contribution in [2.75, 3.05) is 12.3 Å². The fourth-order valence-corrected chi connectivity index (χ4v) is 4.10. The molecule has 0 aliphatic carbocycles. The predicted octanol–water partition coefficient (Wildman–Crippen LogP) is -3.04. The molecule has 0 bridgehead atoms. The van der Waals surface area contributed by atoms with Gasteiger partial charge in [0.15, 0.2) is 6.23 Å². The van der Waals surface area contributed by atoms with E-state index in [0.29, 0.717) is 11.0 Å². The molecule has 28 heavy (non-hydrogen) atoms. The number of nitrogens with zero attached hydrogens (tertiary/aromatic N) is 3. The first kappa shape index (κ1) is 22.0. The molecule has 3 aromatic rings. The van der Waals surface area contributed by atoms with Gasteiger partial charge in [-0.15, -0.1) is 0 Å². The maximum absolute atomic E-state index is 10.7. The van der Waals surface area contributed by atoms with Crippen LogP contribution in [0.25, 0.3) is 22.2 Å². The number of nitrogens with two attached hydrogens (primary N) is 1. The molecule has 144 valence electrons. The van der Waals surface area contributed by atoms with Crippen LogP contribution in [0, 0.1) is 0 Å². The molecule has 0 aromatic carbocycles. The normalized spacial score (nSPS) is 25.7. The van der Waals surface area contributed by atoms with E-state index in [0.717, 1.165) is 11.1 Å². The average Bonchev–Trinajstić information content (AvgIpc) is 3.34. The Morgan fingerprint density at radius 1 is 1.36 bits per heavy atom. The number of aromatic nitrogens is 3. The topological polar surface area (TPSA) is 159 Å². The summed E-state index contributed by atoms with van der Waals surface area (Å²) in [5.74, 6) is 0.283. The summed E-state index contributed by atoms with van der Waals surface area (Å²) < 4.78 is 11.9. The number of aliphatic hydroxyl groups is 2. The third-order valence-electron chi connectivity index (χ3n) is 4.43. The Hall–Kier alpha value is -0.690. The van der Waals surface area contributed by atoms with Crippen LogP contribution >= 0.6 is 19.9 Å². The molecule has 5 N–H and O–H groups in total. The molecule has 0 radical (unpaired) electrons. The first-order valence-corrected chi connectivity index (χ1v) is 9.99. The number of fused-ring (bicyclic) bond motifs is 1. The largest absolute Gasteiger partial charge is 1.00 e. The van der Waals surface area contributed by atoms with Crippen molar-refractivity contribution in [3.05, 3.63) is 29.4 Å². The first-order valence-electron chi connectivity index (χ1n) is 7.91. The van der Waals surface area contributed by atoms with E-state index in [9.17, 15) is 15.1 Å². The summed E-state index contributed by atoms with van der Waals surface area (Å²) in [5.41, 5.74) is 8.17. The molecule has 5 atom stereocenters. The van der Waals surface area contributed by atoms with Gasteiger partial charge in [0, 0.05) is 11.8 Å². The van der Waals surface area contributed by atoms with Crippen molar-refractivity contribution in [1.82, 2.24) is 14.5 Å². The van der Waals surface area contributed by atoms with E-state index in [1.807, 2.05) is 16.8 Å². The van der Waals surface area contributed by atoms with Crippen LogP contribution in [0.4, 0.5) is 5.82 Å². The maximum Gasteiger partial charge on any atom is 1.00 e. The molecule has 13 heteroatoms. The van der Waals surface area contributed by atoms with Crippen molar-refractivity contribution in [1.29, 1.82) is 0 Å². The van der Waals surface area contributed by atoms with Crippen molar-refractivity contribution in [3.8, 4) is 11.1 Å². The summed E-state index contributed by atoms with van der Waals surface area (Å²) in [5, 5.41) is 25.2. The van der Waals surface area contributed by atoms with Gasteiger partial charge in [-0.3, -0.25) is 0 Å². The van der Waals surface area contributed by atoms with Gasteiger partial charge in [-0.2, -0.15) is 11.3 Å². The Morgan fingerprint density at radius 2 is 2.14 bits per heavy atom. The SMILES string of the molecule is Nc1ncnc2c1c(-c1ccsc1)cn2C1OC(COP([O-])O)C(O)C1O.[Na+]. The van der Waals surface area contributed by atoms with Crippen LogP contribution in [-0.2, 0) is 9.26 Å². The van der Waals surface area contributed by atoms with Crippen molar-refractivity contribution in [2.24, 2.45) is 0 Å². The van der Waals surface area contributed by atoms with E-state index in [1.165, 1.54) is 17.7 Å². The van der Waals surface area contributed by atoms with Crippen molar-refractivity contribution < 1.29 is 58.8 Å². The Kier molecular flexibility index (Phi) is 7.06. The minimum absolute atomic E-state index is 0. The van der Waals surface area contributed by atoms with Crippen LogP contribution in [-0.4, -0.2) is 54.6 Å². The zero-order chi connectivity index (χ0) is 19.1. The summed E-state index contributed by atoms with van der Waals surface area (Å²) in [4.78, 5) is 27.8. The Labute approximate surface area is 186 Å². The number of hydrogen-bond acceptors (Lipinski definition) is 10. The van der Waals surface area contributed by atoms with Crippen molar-refractivity contribution >= 4 is 36.8 Å². The second-order valence-electron chi connectivity index (χ2n) is 6.00. The molecule has 4 rings (SSSR count). The fraction of sp³-hybridized carbons (Fsp3) is 0.333. The van der Waals surface area contributed by atoms with Crippen LogP contribution in [0.15, 0.2) is 29.4 Å². The van der Waals surface area contributed by atoms with Gasteiger partial charge < -0.3 is 39.6 Å². The third kappa shape index (κ3) is 3.98. The number of aliphatic hydroxyl groups excluding tert-OH is 2. The summed E-state index contributed by atoms with van der Waals surface area (Å²) in [6.07, 6.45) is -1.51. The minimum Gasteiger partial charge on any atom is -0.786 e. The molecule has 0 amide bonds. The maximum atomic E-state index is 10.7. The molecule has 10 nitrogen and oxygen atoms in total. The van der Waals surface area contributed by atoms with Gasteiger partial charge in [0.2, 0.25) is 0 Å². The minimum atomic E-state index is -2.84. The zero-order valence-corrected chi connectivity index (χ0v) is 18.5. The second kappa shape index (κ2) is 8.99. The number of nitrogen functional groups attached to an aromatic ring is 1.